The van der Waals surface area contributed by atoms with Crippen molar-refractivity contribution in [1.29, 1.82) is 0 Å². The van der Waals surface area contributed by atoms with E-state index in [2.05, 4.69) is 18.0 Å². The van der Waals surface area contributed by atoms with Gasteiger partial charge in [-0.15, -0.1) is 0 Å². The number of anilines is 1. The van der Waals surface area contributed by atoms with E-state index in [0.717, 1.165) is 10.6 Å². The van der Waals surface area contributed by atoms with Crippen LogP contribution in [0.1, 0.15) is 37.7 Å². The molecular weight excluding hydrogens is 232 g/mol. The summed E-state index contributed by atoms with van der Waals surface area (Å²) in [6.07, 6.45) is 6.68. The number of hydrogen-bond acceptors (Lipinski definition) is 2. The zero-order valence-electron chi connectivity index (χ0n) is 10.5. The van der Waals surface area contributed by atoms with Crippen molar-refractivity contribution in [3.05, 3.63) is 28.8 Å². The summed E-state index contributed by atoms with van der Waals surface area (Å²) in [7, 11) is 2.17. The molecule has 1 aliphatic carbocycles. The maximum Gasteiger partial charge on any atom is 0.0471 e. The van der Waals surface area contributed by atoms with Crippen molar-refractivity contribution in [2.75, 3.05) is 11.9 Å². The largest absolute Gasteiger partial charge is 0.372 e. The fraction of sp³-hybridized carbons (Fsp3) is 0.571. The summed E-state index contributed by atoms with van der Waals surface area (Å²) in [5.74, 6) is 0. The predicted molar refractivity (Wildman–Crippen MR) is 74.6 cm³/mol. The summed E-state index contributed by atoms with van der Waals surface area (Å²) in [6.45, 7) is 0.506. The van der Waals surface area contributed by atoms with Crippen molar-refractivity contribution >= 4 is 17.3 Å². The van der Waals surface area contributed by atoms with Crippen molar-refractivity contribution in [3.63, 3.8) is 0 Å². The molecule has 0 spiro atoms. The van der Waals surface area contributed by atoms with Gasteiger partial charge in [0.05, 0.1) is 0 Å². The van der Waals surface area contributed by atoms with E-state index in [9.17, 15) is 0 Å². The summed E-state index contributed by atoms with van der Waals surface area (Å²) in [6, 6.07) is 6.88. The number of hydrogen-bond donors (Lipinski definition) is 1. The van der Waals surface area contributed by atoms with Crippen LogP contribution in [0.15, 0.2) is 18.2 Å². The van der Waals surface area contributed by atoms with E-state index in [4.69, 9.17) is 17.3 Å². The van der Waals surface area contributed by atoms with Gasteiger partial charge in [0.15, 0.2) is 0 Å². The highest BCUT2D eigenvalue weighted by atomic mass is 35.5. The molecule has 2 rings (SSSR count). The van der Waals surface area contributed by atoms with Gasteiger partial charge in [-0.2, -0.15) is 0 Å². The normalized spacial score (nSPS) is 17.1. The Morgan fingerprint density at radius 2 is 2.00 bits per heavy atom. The van der Waals surface area contributed by atoms with Crippen LogP contribution in [0.3, 0.4) is 0 Å². The molecule has 0 aromatic heterocycles. The zero-order valence-corrected chi connectivity index (χ0v) is 11.2. The van der Waals surface area contributed by atoms with E-state index in [1.165, 1.54) is 37.8 Å². The fourth-order valence-corrected chi connectivity index (χ4v) is 2.85. The van der Waals surface area contributed by atoms with Gasteiger partial charge < -0.3 is 10.6 Å². The molecule has 94 valence electrons. The van der Waals surface area contributed by atoms with Crippen LogP contribution in [0, 0.1) is 0 Å². The van der Waals surface area contributed by atoms with Gasteiger partial charge in [-0.25, -0.2) is 0 Å². The second kappa shape index (κ2) is 5.74. The lowest BCUT2D eigenvalue weighted by atomic mass is 9.94. The van der Waals surface area contributed by atoms with Gasteiger partial charge in [-0.05, 0) is 30.5 Å². The topological polar surface area (TPSA) is 29.3 Å². The molecule has 0 amide bonds. The molecule has 1 fully saturated rings. The van der Waals surface area contributed by atoms with Gasteiger partial charge in [0.2, 0.25) is 0 Å². The molecule has 3 heteroatoms. The summed E-state index contributed by atoms with van der Waals surface area (Å²) < 4.78 is 0. The summed E-state index contributed by atoms with van der Waals surface area (Å²) in [5, 5.41) is 0.785. The minimum atomic E-state index is 0.506. The second-order valence-corrected chi connectivity index (χ2v) is 5.29. The molecule has 1 aromatic rings. The molecule has 0 radical (unpaired) electrons. The number of nitrogens with two attached hydrogens (primary N) is 1. The van der Waals surface area contributed by atoms with Crippen LogP contribution in [0.4, 0.5) is 5.69 Å². The van der Waals surface area contributed by atoms with Crippen molar-refractivity contribution in [1.82, 2.24) is 0 Å². The van der Waals surface area contributed by atoms with Crippen LogP contribution < -0.4 is 10.6 Å². The molecule has 2 nitrogen and oxygen atoms in total. The van der Waals surface area contributed by atoms with Crippen LogP contribution >= 0.6 is 11.6 Å². The molecule has 0 aliphatic heterocycles. The van der Waals surface area contributed by atoms with Gasteiger partial charge >= 0.3 is 0 Å². The van der Waals surface area contributed by atoms with Gasteiger partial charge in [0.1, 0.15) is 0 Å². The average Bonchev–Trinajstić information content (AvgIpc) is 2.39. The van der Waals surface area contributed by atoms with E-state index in [-0.39, 0.29) is 0 Å². The summed E-state index contributed by atoms with van der Waals surface area (Å²) in [5.41, 5.74) is 7.85. The first-order valence-electron chi connectivity index (χ1n) is 6.43. The summed E-state index contributed by atoms with van der Waals surface area (Å²) in [4.78, 5) is 2.37. The smallest absolute Gasteiger partial charge is 0.0471 e. The molecule has 0 bridgehead atoms. The van der Waals surface area contributed by atoms with Gasteiger partial charge in [-0.1, -0.05) is 36.9 Å². The van der Waals surface area contributed by atoms with E-state index in [1.807, 2.05) is 12.1 Å². The standard InChI is InChI=1S/C14H21ClN2/c1-17(12-5-3-2-4-6-12)13-8-7-11(10-16)14(15)9-13/h7-9,12H,2-6,10,16H2,1H3. The Morgan fingerprint density at radius 1 is 1.29 bits per heavy atom. The fourth-order valence-electron chi connectivity index (χ4n) is 2.60. The average molecular weight is 253 g/mol. The Hall–Kier alpha value is -0.730. The number of halogens is 1. The Bertz CT molecular complexity index is 372. The first-order valence-corrected chi connectivity index (χ1v) is 6.81. The third kappa shape index (κ3) is 2.93. The van der Waals surface area contributed by atoms with E-state index >= 15 is 0 Å². The number of benzene rings is 1. The van der Waals surface area contributed by atoms with Crippen LogP contribution in [0.25, 0.3) is 0 Å². The number of rotatable bonds is 3. The molecular formula is C14H21ClN2. The SMILES string of the molecule is CN(c1ccc(CN)c(Cl)c1)C1CCCCC1. The van der Waals surface area contributed by atoms with Gasteiger partial charge in [0, 0.05) is 30.3 Å². The molecule has 0 saturated heterocycles. The lowest BCUT2D eigenvalue weighted by Gasteiger charge is -2.33. The lowest BCUT2D eigenvalue weighted by molar-refractivity contribution is 0.427. The van der Waals surface area contributed by atoms with Crippen LogP contribution in [-0.4, -0.2) is 13.1 Å². The van der Waals surface area contributed by atoms with E-state index in [0.29, 0.717) is 12.6 Å². The maximum atomic E-state index is 6.21. The number of nitrogens with zero attached hydrogens (tertiary/aromatic N) is 1. The van der Waals surface area contributed by atoms with E-state index in [1.54, 1.807) is 0 Å². The van der Waals surface area contributed by atoms with Crippen molar-refractivity contribution in [3.8, 4) is 0 Å². The minimum absolute atomic E-state index is 0.506. The van der Waals surface area contributed by atoms with Crippen molar-refractivity contribution in [2.24, 2.45) is 5.73 Å². The monoisotopic (exact) mass is 252 g/mol. The van der Waals surface area contributed by atoms with Gasteiger partial charge in [-0.3, -0.25) is 0 Å². The molecule has 0 heterocycles. The molecule has 0 atom stereocenters. The second-order valence-electron chi connectivity index (χ2n) is 4.88. The molecule has 1 saturated carbocycles. The third-order valence-electron chi connectivity index (χ3n) is 3.79. The highest BCUT2D eigenvalue weighted by Crippen LogP contribution is 2.28. The predicted octanol–water partition coefficient (Wildman–Crippen LogP) is 3.57. The van der Waals surface area contributed by atoms with Crippen LogP contribution in [-0.2, 0) is 6.54 Å². The Morgan fingerprint density at radius 3 is 2.59 bits per heavy atom. The van der Waals surface area contributed by atoms with Crippen molar-refractivity contribution in [2.45, 2.75) is 44.7 Å². The highest BCUT2D eigenvalue weighted by molar-refractivity contribution is 6.31. The maximum absolute atomic E-state index is 6.21. The molecule has 0 unspecified atom stereocenters. The lowest BCUT2D eigenvalue weighted by Crippen LogP contribution is -2.33. The van der Waals surface area contributed by atoms with E-state index < -0.39 is 0 Å². The quantitative estimate of drug-likeness (QED) is 0.891. The van der Waals surface area contributed by atoms with Crippen molar-refractivity contribution < 1.29 is 0 Å². The van der Waals surface area contributed by atoms with Crippen LogP contribution in [0.5, 0.6) is 0 Å². The Labute approximate surface area is 109 Å². The zero-order chi connectivity index (χ0) is 12.3. The minimum Gasteiger partial charge on any atom is -0.372 e. The first-order chi connectivity index (χ1) is 8.22. The highest BCUT2D eigenvalue weighted by Gasteiger charge is 2.18. The summed E-state index contributed by atoms with van der Waals surface area (Å²) >= 11 is 6.21. The Kier molecular flexibility index (Phi) is 4.30. The molecule has 1 aromatic carbocycles. The first kappa shape index (κ1) is 12.7. The third-order valence-corrected chi connectivity index (χ3v) is 4.14. The Balaban J connectivity index is 2.12. The van der Waals surface area contributed by atoms with Crippen LogP contribution in [0.2, 0.25) is 5.02 Å². The molecule has 1 aliphatic rings. The molecule has 17 heavy (non-hydrogen) atoms. The molecule has 2 N–H and O–H groups in total. The van der Waals surface area contributed by atoms with Gasteiger partial charge in [0.25, 0.3) is 0 Å².